The van der Waals surface area contributed by atoms with Gasteiger partial charge in [-0.2, -0.15) is 0 Å². The number of benzene rings is 1. The van der Waals surface area contributed by atoms with Gasteiger partial charge in [0.05, 0.1) is 18.5 Å². The molecule has 0 saturated carbocycles. The van der Waals surface area contributed by atoms with E-state index >= 15 is 0 Å². The van der Waals surface area contributed by atoms with Gasteiger partial charge in [0, 0.05) is 11.7 Å². The van der Waals surface area contributed by atoms with E-state index in [0.29, 0.717) is 17.6 Å². The SMILES string of the molecule is COC(=O)CNC(=O)[C@@H]1CSC(C(C)c2ccc(CC(C)C)cc2)N1. The number of esters is 1. The van der Waals surface area contributed by atoms with Crippen LogP contribution in [0.25, 0.3) is 0 Å². The van der Waals surface area contributed by atoms with Gasteiger partial charge in [0.1, 0.15) is 6.54 Å². The Hall–Kier alpha value is -1.53. The number of amides is 1. The highest BCUT2D eigenvalue weighted by atomic mass is 32.2. The number of rotatable bonds is 7. The Labute approximate surface area is 154 Å². The maximum absolute atomic E-state index is 12.1. The molecule has 0 aromatic heterocycles. The highest BCUT2D eigenvalue weighted by Crippen LogP contribution is 2.32. The number of methoxy groups -OCH3 is 1. The van der Waals surface area contributed by atoms with Crippen molar-refractivity contribution in [1.29, 1.82) is 0 Å². The van der Waals surface area contributed by atoms with E-state index in [9.17, 15) is 9.59 Å². The maximum atomic E-state index is 12.1. The normalized spacial score (nSPS) is 21.2. The number of hydrogen-bond donors (Lipinski definition) is 2. The molecule has 25 heavy (non-hydrogen) atoms. The molecule has 1 heterocycles. The Morgan fingerprint density at radius 1 is 1.28 bits per heavy atom. The van der Waals surface area contributed by atoms with E-state index in [2.05, 4.69) is 60.4 Å². The molecule has 1 aromatic carbocycles. The van der Waals surface area contributed by atoms with Crippen LogP contribution in [-0.2, 0) is 20.7 Å². The van der Waals surface area contributed by atoms with Gasteiger partial charge >= 0.3 is 5.97 Å². The predicted molar refractivity (Wildman–Crippen MR) is 102 cm³/mol. The van der Waals surface area contributed by atoms with Crippen LogP contribution >= 0.6 is 11.8 Å². The molecule has 1 saturated heterocycles. The van der Waals surface area contributed by atoms with Gasteiger partial charge in [-0.15, -0.1) is 11.8 Å². The van der Waals surface area contributed by atoms with Crippen molar-refractivity contribution in [3.05, 3.63) is 35.4 Å². The third-order valence-corrected chi connectivity index (χ3v) is 5.79. The summed E-state index contributed by atoms with van der Waals surface area (Å²) in [5.41, 5.74) is 2.63. The summed E-state index contributed by atoms with van der Waals surface area (Å²) in [5, 5.41) is 6.17. The van der Waals surface area contributed by atoms with Crippen LogP contribution in [0.2, 0.25) is 0 Å². The van der Waals surface area contributed by atoms with Crippen molar-refractivity contribution in [3.63, 3.8) is 0 Å². The highest BCUT2D eigenvalue weighted by Gasteiger charge is 2.33. The minimum atomic E-state index is -0.439. The second-order valence-electron chi connectivity index (χ2n) is 6.90. The predicted octanol–water partition coefficient (Wildman–Crippen LogP) is 2.31. The summed E-state index contributed by atoms with van der Waals surface area (Å²) in [4.78, 5) is 23.2. The smallest absolute Gasteiger partial charge is 0.325 e. The van der Waals surface area contributed by atoms with Gasteiger partial charge < -0.3 is 10.1 Å². The van der Waals surface area contributed by atoms with Crippen LogP contribution in [0.4, 0.5) is 0 Å². The molecule has 1 aromatic rings. The molecular formula is C19H28N2O3S. The lowest BCUT2D eigenvalue weighted by Gasteiger charge is -2.21. The van der Waals surface area contributed by atoms with Crippen LogP contribution in [0.5, 0.6) is 0 Å². The molecule has 0 bridgehead atoms. The zero-order valence-electron chi connectivity index (χ0n) is 15.4. The summed E-state index contributed by atoms with van der Waals surface area (Å²) in [6, 6.07) is 8.50. The van der Waals surface area contributed by atoms with Gasteiger partial charge in [0.25, 0.3) is 0 Å². The van der Waals surface area contributed by atoms with Crippen LogP contribution in [0.3, 0.4) is 0 Å². The van der Waals surface area contributed by atoms with Crippen molar-refractivity contribution in [2.24, 2.45) is 5.92 Å². The third-order valence-electron chi connectivity index (χ3n) is 4.36. The van der Waals surface area contributed by atoms with E-state index in [1.807, 2.05) is 0 Å². The van der Waals surface area contributed by atoms with E-state index in [1.165, 1.54) is 18.2 Å². The minimum Gasteiger partial charge on any atom is -0.468 e. The Balaban J connectivity index is 1.88. The van der Waals surface area contributed by atoms with Crippen LogP contribution in [0, 0.1) is 5.92 Å². The zero-order valence-corrected chi connectivity index (χ0v) is 16.2. The third kappa shape index (κ3) is 5.75. The van der Waals surface area contributed by atoms with E-state index in [0.717, 1.165) is 6.42 Å². The Morgan fingerprint density at radius 3 is 2.56 bits per heavy atom. The Bertz CT molecular complexity index is 589. The van der Waals surface area contributed by atoms with Gasteiger partial charge in [-0.3, -0.25) is 14.9 Å². The van der Waals surface area contributed by atoms with Crippen molar-refractivity contribution >= 4 is 23.6 Å². The van der Waals surface area contributed by atoms with Crippen molar-refractivity contribution in [1.82, 2.24) is 10.6 Å². The van der Waals surface area contributed by atoms with Crippen molar-refractivity contribution in [2.45, 2.75) is 44.5 Å². The van der Waals surface area contributed by atoms with Crippen molar-refractivity contribution < 1.29 is 14.3 Å². The topological polar surface area (TPSA) is 67.4 Å². The van der Waals surface area contributed by atoms with E-state index < -0.39 is 5.97 Å². The molecule has 2 N–H and O–H groups in total. The van der Waals surface area contributed by atoms with Crippen LogP contribution in [-0.4, -0.2) is 42.7 Å². The number of carbonyl (C=O) groups excluding carboxylic acids is 2. The number of thioether (sulfide) groups is 1. The molecule has 2 rings (SSSR count). The number of ether oxygens (including phenoxy) is 1. The van der Waals surface area contributed by atoms with Crippen LogP contribution in [0.15, 0.2) is 24.3 Å². The van der Waals surface area contributed by atoms with E-state index in [4.69, 9.17) is 0 Å². The summed E-state index contributed by atoms with van der Waals surface area (Å²) in [6.07, 6.45) is 1.09. The summed E-state index contributed by atoms with van der Waals surface area (Å²) in [7, 11) is 1.31. The fourth-order valence-electron chi connectivity index (χ4n) is 2.89. The Kier molecular flexibility index (Phi) is 7.32. The first kappa shape index (κ1) is 19.8. The standard InChI is InChI=1S/C19H28N2O3S/c1-12(2)9-14-5-7-15(8-6-14)13(3)19-21-16(11-25-19)18(23)20-10-17(22)24-4/h5-8,12-13,16,19,21H,9-11H2,1-4H3,(H,20,23)/t13?,16-,19?/m0/s1. The quantitative estimate of drug-likeness (QED) is 0.727. The fraction of sp³-hybridized carbons (Fsp3) is 0.579. The average Bonchev–Trinajstić information content (AvgIpc) is 3.09. The number of nitrogens with one attached hydrogen (secondary N) is 2. The lowest BCUT2D eigenvalue weighted by molar-refractivity contribution is -0.141. The Morgan fingerprint density at radius 2 is 1.96 bits per heavy atom. The van der Waals surface area contributed by atoms with Gasteiger partial charge in [-0.05, 0) is 23.5 Å². The molecule has 5 nitrogen and oxygen atoms in total. The molecule has 0 aliphatic carbocycles. The molecule has 2 unspecified atom stereocenters. The fourth-order valence-corrected chi connectivity index (χ4v) is 4.25. The van der Waals surface area contributed by atoms with Crippen molar-refractivity contribution in [3.8, 4) is 0 Å². The lowest BCUT2D eigenvalue weighted by atomic mass is 9.96. The second-order valence-corrected chi connectivity index (χ2v) is 8.07. The van der Waals surface area contributed by atoms with Gasteiger partial charge in [-0.25, -0.2) is 0 Å². The lowest BCUT2D eigenvalue weighted by Crippen LogP contribution is -2.46. The molecule has 3 atom stereocenters. The first-order valence-electron chi connectivity index (χ1n) is 8.71. The maximum Gasteiger partial charge on any atom is 0.325 e. The molecule has 1 fully saturated rings. The number of carbonyl (C=O) groups is 2. The molecule has 0 spiro atoms. The zero-order chi connectivity index (χ0) is 18.4. The highest BCUT2D eigenvalue weighted by molar-refractivity contribution is 8.00. The second kappa shape index (κ2) is 9.25. The van der Waals surface area contributed by atoms with Gasteiger partial charge in [0.15, 0.2) is 0 Å². The molecule has 138 valence electrons. The molecular weight excluding hydrogens is 336 g/mol. The molecule has 1 amide bonds. The van der Waals surface area contributed by atoms with Gasteiger partial charge in [-0.1, -0.05) is 45.0 Å². The first-order chi connectivity index (χ1) is 11.9. The summed E-state index contributed by atoms with van der Waals surface area (Å²) in [6.45, 7) is 6.54. The number of hydrogen-bond acceptors (Lipinski definition) is 5. The van der Waals surface area contributed by atoms with Gasteiger partial charge in [0.2, 0.25) is 5.91 Å². The largest absolute Gasteiger partial charge is 0.468 e. The molecule has 1 aliphatic heterocycles. The first-order valence-corrected chi connectivity index (χ1v) is 9.76. The van der Waals surface area contributed by atoms with E-state index in [-0.39, 0.29) is 23.9 Å². The molecule has 6 heteroatoms. The summed E-state index contributed by atoms with van der Waals surface area (Å²) in [5.74, 6) is 1.06. The minimum absolute atomic E-state index is 0.0876. The molecule has 0 radical (unpaired) electrons. The summed E-state index contributed by atoms with van der Waals surface area (Å²) >= 11 is 1.75. The molecule has 1 aliphatic rings. The van der Waals surface area contributed by atoms with Crippen molar-refractivity contribution in [2.75, 3.05) is 19.4 Å². The monoisotopic (exact) mass is 364 g/mol. The summed E-state index contributed by atoms with van der Waals surface area (Å²) < 4.78 is 4.53. The van der Waals surface area contributed by atoms with Crippen LogP contribution in [0.1, 0.15) is 37.8 Å². The van der Waals surface area contributed by atoms with Crippen LogP contribution < -0.4 is 10.6 Å². The van der Waals surface area contributed by atoms with E-state index in [1.54, 1.807) is 11.8 Å². The average molecular weight is 365 g/mol.